The summed E-state index contributed by atoms with van der Waals surface area (Å²) in [7, 11) is 4.15. The van der Waals surface area contributed by atoms with Crippen LogP contribution in [0.2, 0.25) is 0 Å². The number of hydrogen-bond acceptors (Lipinski definition) is 1. The Labute approximate surface area is 190 Å². The lowest BCUT2D eigenvalue weighted by atomic mass is 9.99. The molecule has 1 nitrogen and oxygen atoms in total. The van der Waals surface area contributed by atoms with E-state index in [-0.39, 0.29) is 0 Å². The average Bonchev–Trinajstić information content (AvgIpc) is 2.83. The predicted octanol–water partition coefficient (Wildman–Crippen LogP) is 7.29. The first-order valence-corrected chi connectivity index (χ1v) is 11.5. The van der Waals surface area contributed by atoms with E-state index in [9.17, 15) is 0 Å². The van der Waals surface area contributed by atoms with Crippen LogP contribution in [0.4, 0.5) is 0 Å². The second-order valence-corrected chi connectivity index (χ2v) is 8.92. The minimum absolute atomic E-state index is 0.990. The Balaban J connectivity index is 1.76. The molecule has 0 spiro atoms. The van der Waals surface area contributed by atoms with Gasteiger partial charge in [0.25, 0.3) is 0 Å². The maximum Gasteiger partial charge on any atom is 0.199 e. The third kappa shape index (κ3) is 5.15. The van der Waals surface area contributed by atoms with Gasteiger partial charge in [0.1, 0.15) is 14.1 Å². The van der Waals surface area contributed by atoms with Crippen molar-refractivity contribution in [1.82, 2.24) is 0 Å². The summed E-state index contributed by atoms with van der Waals surface area (Å²) in [6, 6.07) is 21.3. The highest BCUT2D eigenvalue weighted by Gasteiger charge is 2.15. The highest BCUT2D eigenvalue weighted by Crippen LogP contribution is 2.42. The van der Waals surface area contributed by atoms with Gasteiger partial charge in [0.2, 0.25) is 0 Å². The topological polar surface area (TPSA) is 3.01 Å². The zero-order chi connectivity index (χ0) is 21.6. The van der Waals surface area contributed by atoms with Gasteiger partial charge in [-0.2, -0.15) is 0 Å². The van der Waals surface area contributed by atoms with E-state index in [4.69, 9.17) is 0 Å². The van der Waals surface area contributed by atoms with Crippen LogP contribution in [-0.2, 0) is 0 Å². The van der Waals surface area contributed by atoms with E-state index < -0.39 is 0 Å². The first-order chi connectivity index (χ1) is 15.1. The molecule has 0 bridgehead atoms. The molecule has 0 N–H and O–H groups in total. The summed E-state index contributed by atoms with van der Waals surface area (Å²) in [5.41, 5.74) is 7.61. The molecule has 2 aliphatic rings. The van der Waals surface area contributed by atoms with Crippen LogP contribution in [0.25, 0.3) is 10.5 Å². The third-order valence-corrected chi connectivity index (χ3v) is 6.47. The Morgan fingerprint density at radius 1 is 0.806 bits per heavy atom. The Hall–Kier alpha value is -3.10. The van der Waals surface area contributed by atoms with Gasteiger partial charge in [0.15, 0.2) is 5.71 Å². The van der Waals surface area contributed by atoms with Gasteiger partial charge in [0, 0.05) is 22.0 Å². The molecule has 1 heterocycles. The van der Waals surface area contributed by atoms with Crippen molar-refractivity contribution in [3.05, 3.63) is 130 Å². The van der Waals surface area contributed by atoms with E-state index in [0.29, 0.717) is 0 Å². The van der Waals surface area contributed by atoms with E-state index in [1.165, 1.54) is 43.4 Å². The van der Waals surface area contributed by atoms with Crippen LogP contribution in [0.1, 0.15) is 24.5 Å². The summed E-state index contributed by atoms with van der Waals surface area (Å²) in [6.45, 7) is 2.23. The Morgan fingerprint density at radius 3 is 2.00 bits per heavy atom. The van der Waals surface area contributed by atoms with Gasteiger partial charge in [-0.15, -0.1) is 0 Å². The number of thioether (sulfide) groups is 1. The largest absolute Gasteiger partial charge is 0.235 e. The zero-order valence-electron chi connectivity index (χ0n) is 18.4. The van der Waals surface area contributed by atoms with Crippen LogP contribution in [-0.4, -0.2) is 24.4 Å². The fourth-order valence-corrected chi connectivity index (χ4v) is 4.75. The first kappa shape index (κ1) is 21.1. The smallest absolute Gasteiger partial charge is 0.199 e. The van der Waals surface area contributed by atoms with Crippen LogP contribution in [0.15, 0.2) is 119 Å². The summed E-state index contributed by atoms with van der Waals surface area (Å²) >= 11 is 1.85. The van der Waals surface area contributed by atoms with E-state index in [2.05, 4.69) is 129 Å². The van der Waals surface area contributed by atoms with Gasteiger partial charge in [-0.1, -0.05) is 79.3 Å². The van der Waals surface area contributed by atoms with Crippen molar-refractivity contribution in [3.63, 3.8) is 0 Å². The Morgan fingerprint density at radius 2 is 1.42 bits per heavy atom. The fourth-order valence-electron chi connectivity index (χ4n) is 3.67. The lowest BCUT2D eigenvalue weighted by molar-refractivity contribution is -0.462. The molecule has 0 atom stereocenters. The maximum atomic E-state index is 2.36. The minimum Gasteiger partial charge on any atom is -0.235 e. The molecule has 0 fully saturated rings. The molecule has 0 unspecified atom stereocenters. The van der Waals surface area contributed by atoms with E-state index in [0.717, 1.165) is 6.42 Å². The van der Waals surface area contributed by atoms with Crippen LogP contribution < -0.4 is 0 Å². The molecule has 2 heteroatoms. The van der Waals surface area contributed by atoms with Crippen molar-refractivity contribution in [2.24, 2.45) is 0 Å². The third-order valence-electron chi connectivity index (χ3n) is 5.43. The number of allylic oxidation sites excluding steroid dienone is 10. The summed E-state index contributed by atoms with van der Waals surface area (Å²) < 4.78 is 2.14. The molecule has 0 saturated carbocycles. The van der Waals surface area contributed by atoms with Crippen molar-refractivity contribution in [3.8, 4) is 0 Å². The number of rotatable bonds is 4. The van der Waals surface area contributed by atoms with Crippen LogP contribution in [0.3, 0.4) is 0 Å². The standard InChI is InChI=1S/C29H28NS/c1-4-22(24-15-17-27(18-16-24)30(2)3)19-28-20-26(23-11-7-5-8-12-23)21-29(31-28)25-13-9-6-10-14-25/h5-21H,4H2,1-3H3/q+1/b28-19+. The minimum atomic E-state index is 0.990. The van der Waals surface area contributed by atoms with Crippen molar-refractivity contribution in [2.45, 2.75) is 13.3 Å². The molecule has 31 heavy (non-hydrogen) atoms. The molecule has 2 aromatic carbocycles. The second kappa shape index (κ2) is 9.80. The second-order valence-electron chi connectivity index (χ2n) is 7.81. The van der Waals surface area contributed by atoms with Gasteiger partial charge in [-0.25, -0.2) is 4.58 Å². The molecular formula is C29H28NS+. The molecule has 0 radical (unpaired) electrons. The van der Waals surface area contributed by atoms with Gasteiger partial charge in [-0.05, 0) is 64.6 Å². The van der Waals surface area contributed by atoms with Gasteiger partial charge in [-0.3, -0.25) is 0 Å². The molecule has 1 aliphatic heterocycles. The number of hydrogen-bond donors (Lipinski definition) is 0. The summed E-state index contributed by atoms with van der Waals surface area (Å²) in [5.74, 6) is 0. The maximum absolute atomic E-state index is 2.36. The summed E-state index contributed by atoms with van der Waals surface area (Å²) in [4.78, 5) is 2.56. The zero-order valence-corrected chi connectivity index (χ0v) is 19.2. The highest BCUT2D eigenvalue weighted by atomic mass is 32.2. The Kier molecular flexibility index (Phi) is 6.69. The molecule has 154 valence electrons. The van der Waals surface area contributed by atoms with Crippen molar-refractivity contribution >= 4 is 28.0 Å². The fraction of sp³-hybridized carbons (Fsp3) is 0.138. The lowest BCUT2D eigenvalue weighted by Gasteiger charge is -2.18. The Bertz CT molecular complexity index is 1150. The summed E-state index contributed by atoms with van der Waals surface area (Å²) in [5, 5.41) is 0. The average molecular weight is 423 g/mol. The molecule has 2 aromatic rings. The van der Waals surface area contributed by atoms with Crippen molar-refractivity contribution < 1.29 is 4.58 Å². The van der Waals surface area contributed by atoms with Gasteiger partial charge >= 0.3 is 0 Å². The van der Waals surface area contributed by atoms with Crippen molar-refractivity contribution in [1.29, 1.82) is 0 Å². The monoisotopic (exact) mass is 422 g/mol. The molecule has 0 saturated heterocycles. The van der Waals surface area contributed by atoms with Crippen LogP contribution >= 0.6 is 11.8 Å². The van der Waals surface area contributed by atoms with Gasteiger partial charge in [0.05, 0.1) is 0 Å². The SMILES string of the molecule is CCC(/C=C1\C=C(c2ccccc2)C=C(c2ccccc2)S1)=C1C=CC(=[N+](C)C)C=C1. The molecule has 1 aliphatic carbocycles. The molecule has 0 amide bonds. The molecule has 4 rings (SSSR count). The van der Waals surface area contributed by atoms with Gasteiger partial charge < -0.3 is 0 Å². The number of nitrogens with zero attached hydrogens (tertiary/aromatic N) is 1. The van der Waals surface area contributed by atoms with E-state index in [1.807, 2.05) is 11.8 Å². The quantitative estimate of drug-likeness (QED) is 0.468. The first-order valence-electron chi connectivity index (χ1n) is 10.7. The van der Waals surface area contributed by atoms with Crippen molar-refractivity contribution in [2.75, 3.05) is 14.1 Å². The molecule has 0 aromatic heterocycles. The predicted molar refractivity (Wildman–Crippen MR) is 137 cm³/mol. The highest BCUT2D eigenvalue weighted by molar-refractivity contribution is 8.12. The van der Waals surface area contributed by atoms with E-state index in [1.54, 1.807) is 0 Å². The summed E-state index contributed by atoms with van der Waals surface area (Å²) in [6.07, 6.45) is 16.8. The van der Waals surface area contributed by atoms with Crippen LogP contribution in [0.5, 0.6) is 0 Å². The lowest BCUT2D eigenvalue weighted by Crippen LogP contribution is -2.09. The normalized spacial score (nSPS) is 16.9. The molecular weight excluding hydrogens is 394 g/mol. The van der Waals surface area contributed by atoms with Crippen LogP contribution in [0, 0.1) is 0 Å². The number of benzene rings is 2. The van der Waals surface area contributed by atoms with E-state index >= 15 is 0 Å².